The molecule has 0 aromatic rings. The van der Waals surface area contributed by atoms with E-state index in [0.29, 0.717) is 0 Å². The van der Waals surface area contributed by atoms with E-state index in [9.17, 15) is 0 Å². The van der Waals surface area contributed by atoms with Crippen molar-refractivity contribution >= 4 is 0 Å². The van der Waals surface area contributed by atoms with E-state index in [2.05, 4.69) is 24.8 Å². The van der Waals surface area contributed by atoms with Gasteiger partial charge in [-0.25, -0.2) is 0 Å². The lowest BCUT2D eigenvalue weighted by atomic mass is 10.1. The van der Waals surface area contributed by atoms with E-state index in [1.54, 1.807) is 0 Å². The second-order valence-corrected chi connectivity index (χ2v) is 2.60. The standard InChI is InChI=1S/C13H18/c1-5-9-11-13(8-4)12(7-3)10-6-2/h5-11H,4H2,1-3H3/b9-5-,10-6-,12-7+,13-11+. The maximum absolute atomic E-state index is 3.79. The van der Waals surface area contributed by atoms with Gasteiger partial charge in [-0.05, 0) is 31.9 Å². The van der Waals surface area contributed by atoms with E-state index in [0.717, 1.165) is 5.57 Å². The van der Waals surface area contributed by atoms with Crippen LogP contribution >= 0.6 is 0 Å². The molecule has 70 valence electrons. The molecule has 0 aliphatic heterocycles. The van der Waals surface area contributed by atoms with Crippen LogP contribution in [-0.4, -0.2) is 0 Å². The normalized spacial score (nSPS) is 14.4. The Labute approximate surface area is 81.7 Å². The summed E-state index contributed by atoms with van der Waals surface area (Å²) in [6, 6.07) is 0. The van der Waals surface area contributed by atoms with Crippen LogP contribution in [0.25, 0.3) is 0 Å². The summed E-state index contributed by atoms with van der Waals surface area (Å²) in [5.41, 5.74) is 2.36. The highest BCUT2D eigenvalue weighted by atomic mass is 14.0. The first-order chi connectivity index (χ1) is 6.29. The minimum atomic E-state index is 1.15. The highest BCUT2D eigenvalue weighted by Gasteiger charge is 1.93. The Balaban J connectivity index is 4.84. The molecule has 0 heterocycles. The molecule has 0 atom stereocenters. The molecule has 0 saturated heterocycles. The molecule has 0 bridgehead atoms. The molecule has 0 amide bonds. The predicted molar refractivity (Wildman–Crippen MR) is 61.7 cm³/mol. The van der Waals surface area contributed by atoms with Crippen molar-refractivity contribution in [1.29, 1.82) is 0 Å². The van der Waals surface area contributed by atoms with Crippen LogP contribution in [0.5, 0.6) is 0 Å². The van der Waals surface area contributed by atoms with Crippen molar-refractivity contribution < 1.29 is 0 Å². The van der Waals surface area contributed by atoms with Gasteiger partial charge in [-0.1, -0.05) is 49.1 Å². The first-order valence-corrected chi connectivity index (χ1v) is 4.54. The van der Waals surface area contributed by atoms with Gasteiger partial charge in [-0.2, -0.15) is 0 Å². The molecular formula is C13H18. The van der Waals surface area contributed by atoms with Gasteiger partial charge >= 0.3 is 0 Å². The summed E-state index contributed by atoms with van der Waals surface area (Å²) in [6.07, 6.45) is 14.1. The average Bonchev–Trinajstić information content (AvgIpc) is 2.17. The highest BCUT2D eigenvalue weighted by Crippen LogP contribution is 2.12. The number of hydrogen-bond acceptors (Lipinski definition) is 0. The molecule has 13 heavy (non-hydrogen) atoms. The van der Waals surface area contributed by atoms with Gasteiger partial charge in [0.2, 0.25) is 0 Å². The average molecular weight is 174 g/mol. The third-order valence-electron chi connectivity index (χ3n) is 1.68. The number of rotatable bonds is 4. The maximum atomic E-state index is 3.79. The molecule has 0 nitrogen and oxygen atoms in total. The van der Waals surface area contributed by atoms with Crippen LogP contribution in [0.2, 0.25) is 0 Å². The van der Waals surface area contributed by atoms with Gasteiger partial charge in [0.15, 0.2) is 0 Å². The number of hydrogen-bond donors (Lipinski definition) is 0. The summed E-state index contributed by atoms with van der Waals surface area (Å²) in [6.45, 7) is 9.83. The molecule has 0 radical (unpaired) electrons. The second kappa shape index (κ2) is 7.35. The van der Waals surface area contributed by atoms with Gasteiger partial charge in [0.05, 0.1) is 0 Å². The zero-order valence-electron chi connectivity index (χ0n) is 8.75. The molecular weight excluding hydrogens is 156 g/mol. The molecule has 0 spiro atoms. The van der Waals surface area contributed by atoms with Crippen LogP contribution < -0.4 is 0 Å². The molecule has 0 aromatic heterocycles. The second-order valence-electron chi connectivity index (χ2n) is 2.60. The third kappa shape index (κ3) is 4.32. The van der Waals surface area contributed by atoms with Crippen LogP contribution in [0.1, 0.15) is 20.8 Å². The van der Waals surface area contributed by atoms with E-state index >= 15 is 0 Å². The van der Waals surface area contributed by atoms with Crippen molar-refractivity contribution in [3.05, 3.63) is 60.3 Å². The van der Waals surface area contributed by atoms with Crippen molar-refractivity contribution in [2.24, 2.45) is 0 Å². The summed E-state index contributed by atoms with van der Waals surface area (Å²) < 4.78 is 0. The SMILES string of the molecule is C=CC(=C\C=C/C)/C(/C=C\C)=C/C. The Kier molecular flexibility index (Phi) is 6.62. The lowest BCUT2D eigenvalue weighted by Crippen LogP contribution is -1.80. The fraction of sp³-hybridized carbons (Fsp3) is 0.231. The first-order valence-electron chi connectivity index (χ1n) is 4.54. The minimum absolute atomic E-state index is 1.15. The maximum Gasteiger partial charge on any atom is -0.0193 e. The lowest BCUT2D eigenvalue weighted by Gasteiger charge is -2.00. The van der Waals surface area contributed by atoms with E-state index < -0.39 is 0 Å². The minimum Gasteiger partial charge on any atom is -0.0984 e. The van der Waals surface area contributed by atoms with Crippen molar-refractivity contribution in [3.8, 4) is 0 Å². The fourth-order valence-corrected chi connectivity index (χ4v) is 1.02. The molecule has 0 unspecified atom stereocenters. The molecule has 0 rings (SSSR count). The van der Waals surface area contributed by atoms with Crippen LogP contribution in [0.4, 0.5) is 0 Å². The van der Waals surface area contributed by atoms with Gasteiger partial charge in [0.25, 0.3) is 0 Å². The van der Waals surface area contributed by atoms with Gasteiger partial charge in [0, 0.05) is 0 Å². The monoisotopic (exact) mass is 174 g/mol. The predicted octanol–water partition coefficient (Wildman–Crippen LogP) is 4.20. The van der Waals surface area contributed by atoms with E-state index in [4.69, 9.17) is 0 Å². The zero-order valence-corrected chi connectivity index (χ0v) is 8.75. The Bertz CT molecular complexity index is 260. The Hall–Kier alpha value is -1.30. The molecule has 0 aliphatic rings. The van der Waals surface area contributed by atoms with Crippen molar-refractivity contribution in [2.75, 3.05) is 0 Å². The summed E-state index contributed by atoms with van der Waals surface area (Å²) in [4.78, 5) is 0. The van der Waals surface area contributed by atoms with Gasteiger partial charge in [-0.3, -0.25) is 0 Å². The van der Waals surface area contributed by atoms with Gasteiger partial charge in [-0.15, -0.1) is 0 Å². The molecule has 0 aromatic carbocycles. The van der Waals surface area contributed by atoms with Crippen molar-refractivity contribution in [3.63, 3.8) is 0 Å². The first kappa shape index (κ1) is 11.7. The van der Waals surface area contributed by atoms with Crippen LogP contribution in [-0.2, 0) is 0 Å². The largest absolute Gasteiger partial charge is 0.0984 e. The molecule has 0 aliphatic carbocycles. The van der Waals surface area contributed by atoms with Crippen LogP contribution in [0, 0.1) is 0 Å². The van der Waals surface area contributed by atoms with E-state index in [-0.39, 0.29) is 0 Å². The highest BCUT2D eigenvalue weighted by molar-refractivity contribution is 5.46. The summed E-state index contributed by atoms with van der Waals surface area (Å²) >= 11 is 0. The molecule has 0 saturated carbocycles. The van der Waals surface area contributed by atoms with Gasteiger partial charge < -0.3 is 0 Å². The lowest BCUT2D eigenvalue weighted by molar-refractivity contribution is 1.49. The van der Waals surface area contributed by atoms with E-state index in [1.165, 1.54) is 5.57 Å². The molecule has 0 heteroatoms. The summed E-state index contributed by atoms with van der Waals surface area (Å²) in [5.74, 6) is 0. The topological polar surface area (TPSA) is 0 Å². The third-order valence-corrected chi connectivity index (χ3v) is 1.68. The van der Waals surface area contributed by atoms with E-state index in [1.807, 2.05) is 45.1 Å². The summed E-state index contributed by atoms with van der Waals surface area (Å²) in [5, 5.41) is 0. The summed E-state index contributed by atoms with van der Waals surface area (Å²) in [7, 11) is 0. The zero-order chi connectivity index (χ0) is 10.1. The van der Waals surface area contributed by atoms with Gasteiger partial charge in [0.1, 0.15) is 0 Å². The van der Waals surface area contributed by atoms with Crippen molar-refractivity contribution in [2.45, 2.75) is 20.8 Å². The fourth-order valence-electron chi connectivity index (χ4n) is 1.02. The van der Waals surface area contributed by atoms with Crippen LogP contribution in [0.3, 0.4) is 0 Å². The Morgan fingerprint density at radius 1 is 1.00 bits per heavy atom. The van der Waals surface area contributed by atoms with Crippen LogP contribution in [0.15, 0.2) is 60.3 Å². The quantitative estimate of drug-likeness (QED) is 0.560. The smallest absolute Gasteiger partial charge is 0.0193 e. The molecule has 0 N–H and O–H groups in total. The number of allylic oxidation sites excluding steroid dienone is 9. The van der Waals surface area contributed by atoms with Crippen molar-refractivity contribution in [1.82, 2.24) is 0 Å². The Morgan fingerprint density at radius 3 is 2.08 bits per heavy atom. The Morgan fingerprint density at radius 2 is 1.69 bits per heavy atom. The molecule has 0 fully saturated rings.